The zero-order chi connectivity index (χ0) is 8.72. The van der Waals surface area contributed by atoms with Crippen LogP contribution in [-0.2, 0) is 4.74 Å². The molecule has 0 amide bonds. The fourth-order valence-electron chi connectivity index (χ4n) is 2.54. The van der Waals surface area contributed by atoms with Crippen molar-refractivity contribution in [3.63, 3.8) is 0 Å². The summed E-state index contributed by atoms with van der Waals surface area (Å²) in [6.45, 7) is 5.19. The molecule has 2 rings (SSSR count). The quantitative estimate of drug-likeness (QED) is 0.629. The largest absolute Gasteiger partial charge is 0.366 e. The summed E-state index contributed by atoms with van der Waals surface area (Å²) in [4.78, 5) is 0. The SMILES string of the molecule is CCC1C2OC(C=C2CN)C1C. The maximum Gasteiger partial charge on any atom is 0.0838 e. The molecule has 2 aliphatic heterocycles. The third-order valence-corrected chi connectivity index (χ3v) is 3.34. The highest BCUT2D eigenvalue weighted by Gasteiger charge is 2.45. The van der Waals surface area contributed by atoms with Crippen LogP contribution in [0.25, 0.3) is 0 Å². The van der Waals surface area contributed by atoms with Crippen molar-refractivity contribution in [3.8, 4) is 0 Å². The van der Waals surface area contributed by atoms with Crippen molar-refractivity contribution in [2.75, 3.05) is 6.54 Å². The lowest BCUT2D eigenvalue weighted by Crippen LogP contribution is -2.27. The Bertz CT molecular complexity index is 212. The molecule has 2 aliphatic rings. The molecule has 4 unspecified atom stereocenters. The molecule has 2 bridgehead atoms. The van der Waals surface area contributed by atoms with E-state index in [1.165, 1.54) is 12.0 Å². The van der Waals surface area contributed by atoms with Gasteiger partial charge in [0, 0.05) is 6.54 Å². The number of fused-ring (bicyclic) bond motifs is 2. The van der Waals surface area contributed by atoms with Gasteiger partial charge < -0.3 is 10.5 Å². The van der Waals surface area contributed by atoms with Gasteiger partial charge in [-0.15, -0.1) is 0 Å². The molecule has 4 atom stereocenters. The summed E-state index contributed by atoms with van der Waals surface area (Å²) in [6, 6.07) is 0. The first-order valence-corrected chi connectivity index (χ1v) is 4.84. The minimum atomic E-state index is 0.347. The molecule has 0 aromatic heterocycles. The Morgan fingerprint density at radius 2 is 2.33 bits per heavy atom. The molecule has 0 aromatic carbocycles. The Morgan fingerprint density at radius 1 is 1.58 bits per heavy atom. The first-order valence-electron chi connectivity index (χ1n) is 4.84. The summed E-state index contributed by atoms with van der Waals surface area (Å²) in [5, 5.41) is 0. The van der Waals surface area contributed by atoms with Gasteiger partial charge in [0.05, 0.1) is 12.2 Å². The number of ether oxygens (including phenoxy) is 1. The maximum absolute atomic E-state index is 5.82. The van der Waals surface area contributed by atoms with Crippen molar-refractivity contribution in [3.05, 3.63) is 11.6 Å². The minimum Gasteiger partial charge on any atom is -0.366 e. The van der Waals surface area contributed by atoms with E-state index in [-0.39, 0.29) is 0 Å². The topological polar surface area (TPSA) is 35.2 Å². The molecule has 0 aromatic rings. The molecule has 2 heteroatoms. The molecule has 68 valence electrons. The molecule has 2 heterocycles. The van der Waals surface area contributed by atoms with E-state index in [1.807, 2.05) is 0 Å². The summed E-state index contributed by atoms with van der Waals surface area (Å²) < 4.78 is 5.82. The fourth-order valence-corrected chi connectivity index (χ4v) is 2.54. The van der Waals surface area contributed by atoms with Gasteiger partial charge in [0.25, 0.3) is 0 Å². The Labute approximate surface area is 73.8 Å². The highest BCUT2D eigenvalue weighted by molar-refractivity contribution is 5.25. The molecule has 1 saturated heterocycles. The second-order valence-electron chi connectivity index (χ2n) is 3.90. The van der Waals surface area contributed by atoms with E-state index in [2.05, 4.69) is 19.9 Å². The predicted molar refractivity (Wildman–Crippen MR) is 48.7 cm³/mol. The van der Waals surface area contributed by atoms with Gasteiger partial charge in [-0.2, -0.15) is 0 Å². The van der Waals surface area contributed by atoms with Crippen molar-refractivity contribution >= 4 is 0 Å². The third-order valence-electron chi connectivity index (χ3n) is 3.34. The van der Waals surface area contributed by atoms with E-state index < -0.39 is 0 Å². The second-order valence-corrected chi connectivity index (χ2v) is 3.90. The van der Waals surface area contributed by atoms with E-state index >= 15 is 0 Å². The predicted octanol–water partition coefficient (Wildman–Crippen LogP) is 1.31. The Balaban J connectivity index is 2.19. The van der Waals surface area contributed by atoms with Gasteiger partial charge in [0.2, 0.25) is 0 Å². The van der Waals surface area contributed by atoms with Gasteiger partial charge in [-0.05, 0) is 17.4 Å². The Kier molecular flexibility index (Phi) is 1.97. The fraction of sp³-hybridized carbons (Fsp3) is 0.800. The van der Waals surface area contributed by atoms with Crippen LogP contribution in [0.5, 0.6) is 0 Å². The lowest BCUT2D eigenvalue weighted by molar-refractivity contribution is 0.0984. The first-order chi connectivity index (χ1) is 5.77. The summed E-state index contributed by atoms with van der Waals surface area (Å²) in [7, 11) is 0. The van der Waals surface area contributed by atoms with Crippen LogP contribution in [0.3, 0.4) is 0 Å². The zero-order valence-electron chi connectivity index (χ0n) is 7.79. The monoisotopic (exact) mass is 167 g/mol. The zero-order valence-corrected chi connectivity index (χ0v) is 7.79. The summed E-state index contributed by atoms with van der Waals surface area (Å²) in [5.41, 5.74) is 6.96. The molecular weight excluding hydrogens is 150 g/mol. The highest BCUT2D eigenvalue weighted by atomic mass is 16.5. The average Bonchev–Trinajstić information content (AvgIpc) is 2.61. The Morgan fingerprint density at radius 3 is 2.83 bits per heavy atom. The van der Waals surface area contributed by atoms with Crippen molar-refractivity contribution in [2.45, 2.75) is 32.5 Å². The highest BCUT2D eigenvalue weighted by Crippen LogP contribution is 2.43. The van der Waals surface area contributed by atoms with Crippen LogP contribution in [-0.4, -0.2) is 18.8 Å². The van der Waals surface area contributed by atoms with Crippen LogP contribution in [0.2, 0.25) is 0 Å². The number of hydrogen-bond acceptors (Lipinski definition) is 2. The summed E-state index contributed by atoms with van der Waals surface area (Å²) in [5.74, 6) is 1.40. The van der Waals surface area contributed by atoms with Crippen LogP contribution >= 0.6 is 0 Å². The van der Waals surface area contributed by atoms with E-state index in [0.29, 0.717) is 30.6 Å². The van der Waals surface area contributed by atoms with Crippen molar-refractivity contribution in [1.29, 1.82) is 0 Å². The average molecular weight is 167 g/mol. The van der Waals surface area contributed by atoms with Crippen LogP contribution in [0, 0.1) is 11.8 Å². The summed E-state index contributed by atoms with van der Waals surface area (Å²) >= 11 is 0. The van der Waals surface area contributed by atoms with Gasteiger partial charge in [-0.1, -0.05) is 26.3 Å². The van der Waals surface area contributed by atoms with Crippen LogP contribution in [0.4, 0.5) is 0 Å². The van der Waals surface area contributed by atoms with Crippen LogP contribution < -0.4 is 5.73 Å². The lowest BCUT2D eigenvalue weighted by atomic mass is 9.79. The molecule has 12 heavy (non-hydrogen) atoms. The molecule has 2 nitrogen and oxygen atoms in total. The molecule has 1 fully saturated rings. The van der Waals surface area contributed by atoms with E-state index in [0.717, 1.165) is 0 Å². The molecule has 0 saturated carbocycles. The van der Waals surface area contributed by atoms with Gasteiger partial charge in [-0.25, -0.2) is 0 Å². The van der Waals surface area contributed by atoms with Gasteiger partial charge in [0.1, 0.15) is 0 Å². The van der Waals surface area contributed by atoms with E-state index in [1.54, 1.807) is 0 Å². The maximum atomic E-state index is 5.82. The Hall–Kier alpha value is -0.340. The molecule has 0 radical (unpaired) electrons. The molecule has 0 spiro atoms. The normalized spacial score (nSPS) is 45.1. The van der Waals surface area contributed by atoms with Crippen molar-refractivity contribution in [2.24, 2.45) is 17.6 Å². The van der Waals surface area contributed by atoms with E-state index in [4.69, 9.17) is 10.5 Å². The number of hydrogen-bond donors (Lipinski definition) is 1. The number of nitrogens with two attached hydrogens (primary N) is 1. The summed E-state index contributed by atoms with van der Waals surface area (Å²) in [6.07, 6.45) is 4.14. The number of rotatable bonds is 2. The first kappa shape index (κ1) is 8.27. The van der Waals surface area contributed by atoms with Gasteiger partial charge in [0.15, 0.2) is 0 Å². The van der Waals surface area contributed by atoms with Gasteiger partial charge >= 0.3 is 0 Å². The third kappa shape index (κ3) is 0.947. The van der Waals surface area contributed by atoms with Crippen LogP contribution in [0.1, 0.15) is 20.3 Å². The smallest absolute Gasteiger partial charge is 0.0838 e. The van der Waals surface area contributed by atoms with Crippen molar-refractivity contribution < 1.29 is 4.74 Å². The van der Waals surface area contributed by atoms with Crippen molar-refractivity contribution in [1.82, 2.24) is 0 Å². The van der Waals surface area contributed by atoms with Crippen LogP contribution in [0.15, 0.2) is 11.6 Å². The standard InChI is InChI=1S/C10H17NO/c1-3-8-6(2)9-4-7(5-11)10(8)12-9/h4,6,8-10H,3,5,11H2,1-2H3. The molecule has 0 aliphatic carbocycles. The molecule has 2 N–H and O–H groups in total. The van der Waals surface area contributed by atoms with E-state index in [9.17, 15) is 0 Å². The molecular formula is C10H17NO. The lowest BCUT2D eigenvalue weighted by Gasteiger charge is -2.23. The van der Waals surface area contributed by atoms with Gasteiger partial charge in [-0.3, -0.25) is 0 Å². The minimum absolute atomic E-state index is 0.347. The second kappa shape index (κ2) is 2.86.